The molecule has 4 aliphatic carbocycles. The van der Waals surface area contributed by atoms with E-state index in [-0.39, 0.29) is 28.8 Å². The van der Waals surface area contributed by atoms with Crippen LogP contribution in [0.2, 0.25) is 0 Å². The van der Waals surface area contributed by atoms with Crippen molar-refractivity contribution in [1.29, 1.82) is 0 Å². The highest BCUT2D eigenvalue weighted by atomic mass is 16.8. The number of rotatable bonds is 15. The van der Waals surface area contributed by atoms with Gasteiger partial charge in [0, 0.05) is 18.8 Å². The molecule has 11 fully saturated rings. The Labute approximate surface area is 492 Å². The maximum atomic E-state index is 12.1. The van der Waals surface area contributed by atoms with Gasteiger partial charge in [-0.1, -0.05) is 27.7 Å². The second kappa shape index (κ2) is 25.8. The largest absolute Gasteiger partial charge is 0.394 e. The second-order valence-electron chi connectivity index (χ2n) is 27.2. The van der Waals surface area contributed by atoms with Crippen molar-refractivity contribution < 1.29 is 139 Å². The molecular formula is C57H94O28. The van der Waals surface area contributed by atoms with Gasteiger partial charge in [0.2, 0.25) is 0 Å². The van der Waals surface area contributed by atoms with E-state index in [2.05, 4.69) is 27.7 Å². The lowest BCUT2D eigenvalue weighted by atomic mass is 9.44. The average Bonchev–Trinajstić information content (AvgIpc) is 1.68. The molecule has 28 heteroatoms. The Morgan fingerprint density at radius 2 is 1.00 bits per heavy atom. The third-order valence-corrected chi connectivity index (χ3v) is 22.4. The number of aliphatic hydroxyl groups excluding tert-OH is 16. The lowest BCUT2D eigenvalue weighted by Crippen LogP contribution is -2.68. The first kappa shape index (κ1) is 65.4. The van der Waals surface area contributed by atoms with Gasteiger partial charge in [-0.2, -0.15) is 0 Å². The van der Waals surface area contributed by atoms with Crippen molar-refractivity contribution in [2.24, 2.45) is 52.3 Å². The van der Waals surface area contributed by atoms with E-state index in [1.54, 1.807) is 0 Å². The molecule has 0 amide bonds. The lowest BCUT2D eigenvalue weighted by molar-refractivity contribution is -0.404. The van der Waals surface area contributed by atoms with Gasteiger partial charge in [0.05, 0.1) is 64.1 Å². The molecule has 0 aromatic carbocycles. The molecule has 7 saturated heterocycles. The van der Waals surface area contributed by atoms with Crippen molar-refractivity contribution >= 4 is 0 Å². The van der Waals surface area contributed by atoms with E-state index in [1.807, 2.05) is 0 Å². The summed E-state index contributed by atoms with van der Waals surface area (Å²) in [7, 11) is 0. The van der Waals surface area contributed by atoms with Crippen LogP contribution in [0.25, 0.3) is 0 Å². The second-order valence-corrected chi connectivity index (χ2v) is 27.2. The molecule has 0 aromatic rings. The molecule has 16 N–H and O–H groups in total. The van der Waals surface area contributed by atoms with Crippen molar-refractivity contribution in [3.63, 3.8) is 0 Å². The standard InChI is InChI=1S/C57H94O28/c1-21-7-10-57(74-20-21)22(2)37-29(85-57)12-26-24-6-5-23-11-28(27(63)14-56(23,4)25(24)8-9-55(26,37)3)76-52-47(73)44(70)48(35(19-62)81-52)83-54-50(84-53-46(72)43(69)40(66)33(17-60)79-53)49(41(67)34(18-61)80-54)82-36-13-30(38(64)31(15-58)75-36)77-51-45(71)42(68)39(65)32(16-59)78-51/h21-54,58-73H,5-20H2,1-4H3/t21?,22-,23?,24?,25?,26?,27+,28+,29?,30?,31?,32?,33?,34?,35?,36?,37?,38?,39?,40?,41?,42?,43?,44?,45?,46?,47?,48?,49?,50?,51?,52?,53?,54?,55-,56-,57?/m0/s1. The van der Waals surface area contributed by atoms with Crippen LogP contribution in [0.4, 0.5) is 0 Å². The van der Waals surface area contributed by atoms with E-state index in [0.717, 1.165) is 51.6 Å². The molecule has 37 atom stereocenters. The van der Waals surface area contributed by atoms with Crippen LogP contribution in [0.1, 0.15) is 91.9 Å². The van der Waals surface area contributed by atoms with Crippen LogP contribution in [-0.4, -0.2) is 293 Å². The van der Waals surface area contributed by atoms with Gasteiger partial charge in [-0.3, -0.25) is 0 Å². The number of aliphatic hydroxyl groups is 16. The molecule has 0 bridgehead atoms. The SMILES string of the molecule is CC1CCC2(OC1)OC1CC3C4CCC5C[C@@H](OC6OC(CO)C(OC7OC(CO)C(O)C(OC8CC(OC9OC(CO)C(O)C(O)C9O)C(O)C(CO)O8)C7OC7OC(CO)C(O)C(O)C7O)C(O)C6O)[C@H](O)C[C@]5(C)C4CC[C@]3(C)C1[C@@H]2C. The van der Waals surface area contributed by atoms with Gasteiger partial charge in [-0.05, 0) is 97.7 Å². The topological polar surface area (TPSA) is 434 Å². The quantitative estimate of drug-likeness (QED) is 0.0682. The third kappa shape index (κ3) is 11.6. The fraction of sp³-hybridized carbons (Fsp3) is 1.00. The molecule has 32 unspecified atom stereocenters. The Balaban J connectivity index is 0.786. The van der Waals surface area contributed by atoms with Crippen molar-refractivity contribution in [3.05, 3.63) is 0 Å². The first-order chi connectivity index (χ1) is 40.4. The van der Waals surface area contributed by atoms with Crippen LogP contribution in [0, 0.1) is 52.3 Å². The lowest BCUT2D eigenvalue weighted by Gasteiger charge is -2.62. The van der Waals surface area contributed by atoms with E-state index in [9.17, 15) is 81.7 Å². The van der Waals surface area contributed by atoms with E-state index in [1.165, 1.54) is 0 Å². The highest BCUT2D eigenvalue weighted by molar-refractivity contribution is 5.16. The number of fused-ring (bicyclic) bond motifs is 7. The molecule has 7 aliphatic heterocycles. The third-order valence-electron chi connectivity index (χ3n) is 22.4. The summed E-state index contributed by atoms with van der Waals surface area (Å²) in [6.45, 7) is 5.64. The zero-order chi connectivity index (χ0) is 60.9. The number of ether oxygens (including phenoxy) is 12. The van der Waals surface area contributed by atoms with E-state index in [0.29, 0.717) is 42.4 Å². The monoisotopic (exact) mass is 1230 g/mol. The summed E-state index contributed by atoms with van der Waals surface area (Å²) in [6, 6.07) is 0. The molecule has 11 aliphatic rings. The minimum absolute atomic E-state index is 0.104. The summed E-state index contributed by atoms with van der Waals surface area (Å²) in [6.07, 6.45) is -37.2. The van der Waals surface area contributed by atoms with Gasteiger partial charge in [-0.25, -0.2) is 0 Å². The molecule has 0 aromatic heterocycles. The summed E-state index contributed by atoms with van der Waals surface area (Å²) in [5.74, 6) is 2.13. The Kier molecular flexibility index (Phi) is 19.8. The minimum atomic E-state index is -2.09. The normalized spacial score (nSPS) is 57.2. The van der Waals surface area contributed by atoms with Gasteiger partial charge >= 0.3 is 0 Å². The fourth-order valence-corrected chi connectivity index (χ4v) is 17.7. The smallest absolute Gasteiger partial charge is 0.187 e. The summed E-state index contributed by atoms with van der Waals surface area (Å²) in [4.78, 5) is 0. The highest BCUT2D eigenvalue weighted by Crippen LogP contribution is 2.71. The molecule has 0 radical (unpaired) electrons. The predicted octanol–water partition coefficient (Wildman–Crippen LogP) is -5.09. The van der Waals surface area contributed by atoms with E-state index >= 15 is 0 Å². The zero-order valence-corrected chi connectivity index (χ0v) is 48.5. The van der Waals surface area contributed by atoms with Crippen molar-refractivity contribution in [2.75, 3.05) is 39.6 Å². The highest BCUT2D eigenvalue weighted by Gasteiger charge is 2.70. The molecule has 85 heavy (non-hydrogen) atoms. The van der Waals surface area contributed by atoms with Gasteiger partial charge in [0.15, 0.2) is 37.2 Å². The van der Waals surface area contributed by atoms with Gasteiger partial charge in [-0.15, -0.1) is 0 Å². The maximum Gasteiger partial charge on any atom is 0.187 e. The Morgan fingerprint density at radius 3 is 1.61 bits per heavy atom. The van der Waals surface area contributed by atoms with Crippen molar-refractivity contribution in [3.8, 4) is 0 Å². The van der Waals surface area contributed by atoms with Crippen molar-refractivity contribution in [1.82, 2.24) is 0 Å². The zero-order valence-electron chi connectivity index (χ0n) is 48.5. The molecule has 28 nitrogen and oxygen atoms in total. The van der Waals surface area contributed by atoms with Gasteiger partial charge in [0.1, 0.15) is 110 Å². The molecule has 490 valence electrons. The van der Waals surface area contributed by atoms with Crippen molar-refractivity contribution in [2.45, 2.75) is 263 Å². The van der Waals surface area contributed by atoms with Gasteiger partial charge in [0.25, 0.3) is 0 Å². The molecular weight excluding hydrogens is 1130 g/mol. The molecule has 11 rings (SSSR count). The molecule has 4 saturated carbocycles. The summed E-state index contributed by atoms with van der Waals surface area (Å²) in [5, 5.41) is 175. The molecule has 7 heterocycles. The Hall–Kier alpha value is -1.12. The van der Waals surface area contributed by atoms with E-state index in [4.69, 9.17) is 56.8 Å². The van der Waals surface area contributed by atoms with Gasteiger partial charge < -0.3 is 139 Å². The summed E-state index contributed by atoms with van der Waals surface area (Å²) >= 11 is 0. The molecule has 1 spiro atoms. The van der Waals surface area contributed by atoms with Crippen LogP contribution in [-0.2, 0) is 56.8 Å². The first-order valence-electron chi connectivity index (χ1n) is 30.8. The summed E-state index contributed by atoms with van der Waals surface area (Å²) < 4.78 is 73.8. The number of hydrogen-bond donors (Lipinski definition) is 16. The van der Waals surface area contributed by atoms with Crippen LogP contribution < -0.4 is 0 Å². The van der Waals surface area contributed by atoms with Crippen LogP contribution in [0.15, 0.2) is 0 Å². The minimum Gasteiger partial charge on any atom is -0.394 e. The van der Waals surface area contributed by atoms with Crippen LogP contribution in [0.3, 0.4) is 0 Å². The first-order valence-corrected chi connectivity index (χ1v) is 30.8. The fourth-order valence-electron chi connectivity index (χ4n) is 17.7. The Morgan fingerprint density at radius 1 is 0.447 bits per heavy atom. The van der Waals surface area contributed by atoms with E-state index < -0.39 is 205 Å². The average molecular weight is 1230 g/mol. The number of hydrogen-bond acceptors (Lipinski definition) is 28. The van der Waals surface area contributed by atoms with Crippen LogP contribution in [0.5, 0.6) is 0 Å². The van der Waals surface area contributed by atoms with Crippen LogP contribution >= 0.6 is 0 Å². The maximum absolute atomic E-state index is 12.1. The Bertz CT molecular complexity index is 2200. The summed E-state index contributed by atoms with van der Waals surface area (Å²) in [5.41, 5.74) is -0.118. The predicted molar refractivity (Wildman–Crippen MR) is 281 cm³/mol.